The molecule has 0 radical (unpaired) electrons. The van der Waals surface area contributed by atoms with Gasteiger partial charge in [0.05, 0.1) is 23.7 Å². The highest BCUT2D eigenvalue weighted by Crippen LogP contribution is 2.57. The lowest BCUT2D eigenvalue weighted by Crippen LogP contribution is -2.35. The van der Waals surface area contributed by atoms with Crippen LogP contribution in [0, 0.1) is 18.7 Å². The number of hydrogen-bond acceptors (Lipinski definition) is 3. The minimum Gasteiger partial charge on any atom is -0.233 e. The van der Waals surface area contributed by atoms with Crippen molar-refractivity contribution in [3.8, 4) is 5.69 Å². The van der Waals surface area contributed by atoms with E-state index in [1.54, 1.807) is 16.4 Å². The fourth-order valence-corrected chi connectivity index (χ4v) is 7.39. The molecule has 6 rings (SSSR count). The molecular formula is C28H28FN3O2S. The maximum atomic E-state index is 13.4. The molecule has 180 valence electrons. The fraction of sp³-hybridized carbons (Fsp3) is 0.321. The molecule has 1 aliphatic heterocycles. The molecule has 2 fully saturated rings. The SMILES string of the molecule is Cc1cc2c(cnn2-c2ccc(F)cc2)cc1C12CC(c3ccccc3)CC1CN(S(C)(=O)=O)C2. The van der Waals surface area contributed by atoms with Crippen LogP contribution >= 0.6 is 0 Å². The van der Waals surface area contributed by atoms with Crippen molar-refractivity contribution in [2.24, 2.45) is 5.92 Å². The van der Waals surface area contributed by atoms with Gasteiger partial charge in [-0.1, -0.05) is 30.3 Å². The van der Waals surface area contributed by atoms with Gasteiger partial charge in [-0.05, 0) is 84.7 Å². The number of aromatic nitrogens is 2. The molecule has 35 heavy (non-hydrogen) atoms. The largest absolute Gasteiger partial charge is 0.233 e. The Balaban J connectivity index is 1.46. The van der Waals surface area contributed by atoms with E-state index >= 15 is 0 Å². The molecule has 1 saturated heterocycles. The quantitative estimate of drug-likeness (QED) is 0.397. The van der Waals surface area contributed by atoms with E-state index in [4.69, 9.17) is 0 Å². The van der Waals surface area contributed by atoms with Gasteiger partial charge in [0.25, 0.3) is 0 Å². The summed E-state index contributed by atoms with van der Waals surface area (Å²) >= 11 is 0. The summed E-state index contributed by atoms with van der Waals surface area (Å²) in [6.07, 6.45) is 5.06. The Hall–Kier alpha value is -3.03. The van der Waals surface area contributed by atoms with Gasteiger partial charge >= 0.3 is 0 Å². The second-order valence-corrected chi connectivity index (χ2v) is 12.2. The summed E-state index contributed by atoms with van der Waals surface area (Å²) in [5.74, 6) is 0.380. The predicted octanol–water partition coefficient (Wildman–Crippen LogP) is 5.18. The Labute approximate surface area is 205 Å². The summed E-state index contributed by atoms with van der Waals surface area (Å²) in [5.41, 5.74) is 5.21. The lowest BCUT2D eigenvalue weighted by Gasteiger charge is -2.32. The standard InChI is InChI=1S/C28H28FN3O2S/c1-19-12-27-22(16-30-32(27)25-10-8-24(29)9-11-25)14-26(19)28-15-21(20-6-4-3-5-7-20)13-23(28)17-31(18-28)35(2,33)34/h3-12,14,16,21,23H,13,15,17-18H2,1-2H3. The molecule has 1 aromatic heterocycles. The number of sulfonamides is 1. The number of aryl methyl sites for hydroxylation is 1. The zero-order valence-corrected chi connectivity index (χ0v) is 20.7. The van der Waals surface area contributed by atoms with Gasteiger partial charge in [0.15, 0.2) is 0 Å². The van der Waals surface area contributed by atoms with Gasteiger partial charge in [-0.25, -0.2) is 21.8 Å². The lowest BCUT2D eigenvalue weighted by molar-refractivity contribution is 0.389. The smallest absolute Gasteiger partial charge is 0.211 e. The van der Waals surface area contributed by atoms with Crippen LogP contribution < -0.4 is 0 Å². The molecule has 3 aromatic carbocycles. The summed E-state index contributed by atoms with van der Waals surface area (Å²) in [6.45, 7) is 3.19. The molecule has 0 bridgehead atoms. The Bertz CT molecular complexity index is 1520. The van der Waals surface area contributed by atoms with E-state index in [1.165, 1.54) is 29.5 Å². The number of hydrogen-bond donors (Lipinski definition) is 0. The van der Waals surface area contributed by atoms with Crippen LogP contribution in [0.3, 0.4) is 0 Å². The average Bonchev–Trinajstić information content (AvgIpc) is 3.50. The van der Waals surface area contributed by atoms with E-state index in [0.717, 1.165) is 35.0 Å². The summed E-state index contributed by atoms with van der Waals surface area (Å²) in [7, 11) is -3.28. The minimum absolute atomic E-state index is 0.236. The third-order valence-corrected chi connectivity index (χ3v) is 9.32. The zero-order chi connectivity index (χ0) is 24.4. The summed E-state index contributed by atoms with van der Waals surface area (Å²) in [6, 6.07) is 21.3. The highest BCUT2D eigenvalue weighted by Gasteiger charge is 2.56. The van der Waals surface area contributed by atoms with E-state index in [9.17, 15) is 12.8 Å². The number of benzene rings is 3. The molecule has 2 aliphatic rings. The molecule has 3 atom stereocenters. The zero-order valence-electron chi connectivity index (χ0n) is 19.9. The van der Waals surface area contributed by atoms with Gasteiger partial charge in [-0.2, -0.15) is 5.10 Å². The minimum atomic E-state index is -3.28. The van der Waals surface area contributed by atoms with Gasteiger partial charge in [0.2, 0.25) is 10.0 Å². The first kappa shape index (κ1) is 22.4. The van der Waals surface area contributed by atoms with Crippen molar-refractivity contribution in [1.29, 1.82) is 0 Å². The van der Waals surface area contributed by atoms with Crippen LogP contribution in [0.25, 0.3) is 16.6 Å². The maximum Gasteiger partial charge on any atom is 0.211 e. The van der Waals surface area contributed by atoms with Crippen molar-refractivity contribution < 1.29 is 12.8 Å². The highest BCUT2D eigenvalue weighted by molar-refractivity contribution is 7.88. The number of rotatable bonds is 4. The second-order valence-electron chi connectivity index (χ2n) is 10.2. The third kappa shape index (κ3) is 3.69. The number of fused-ring (bicyclic) bond motifs is 2. The molecule has 7 heteroatoms. The van der Waals surface area contributed by atoms with E-state index in [0.29, 0.717) is 19.0 Å². The van der Waals surface area contributed by atoms with Gasteiger partial charge in [-0.3, -0.25) is 0 Å². The molecule has 3 unspecified atom stereocenters. The fourth-order valence-electron chi connectivity index (χ4n) is 6.48. The molecule has 4 aromatic rings. The second kappa shape index (κ2) is 8.00. The number of halogens is 1. The molecule has 1 saturated carbocycles. The molecule has 5 nitrogen and oxygen atoms in total. The van der Waals surface area contributed by atoms with E-state index < -0.39 is 10.0 Å². The normalized spacial score (nSPS) is 24.8. The van der Waals surface area contributed by atoms with Crippen LogP contribution in [0.1, 0.15) is 35.4 Å². The van der Waals surface area contributed by atoms with Crippen LogP contribution in [0.5, 0.6) is 0 Å². The van der Waals surface area contributed by atoms with Crippen LogP contribution in [0.2, 0.25) is 0 Å². The first-order valence-electron chi connectivity index (χ1n) is 12.0. The van der Waals surface area contributed by atoms with E-state index in [2.05, 4.69) is 48.4 Å². The first-order chi connectivity index (χ1) is 16.7. The predicted molar refractivity (Wildman–Crippen MR) is 136 cm³/mol. The lowest BCUT2D eigenvalue weighted by atomic mass is 9.72. The van der Waals surface area contributed by atoms with Crippen molar-refractivity contribution >= 4 is 20.9 Å². The van der Waals surface area contributed by atoms with E-state index in [1.807, 2.05) is 16.9 Å². The van der Waals surface area contributed by atoms with Gasteiger partial charge < -0.3 is 0 Å². The van der Waals surface area contributed by atoms with Crippen molar-refractivity contribution in [3.05, 3.63) is 95.4 Å². The molecule has 0 amide bonds. The Morgan fingerprint density at radius 3 is 2.51 bits per heavy atom. The van der Waals surface area contributed by atoms with Crippen molar-refractivity contribution in [1.82, 2.24) is 14.1 Å². The molecule has 0 N–H and O–H groups in total. The van der Waals surface area contributed by atoms with E-state index in [-0.39, 0.29) is 17.2 Å². The average molecular weight is 490 g/mol. The summed E-state index contributed by atoms with van der Waals surface area (Å²) < 4.78 is 42.1. The highest BCUT2D eigenvalue weighted by atomic mass is 32.2. The van der Waals surface area contributed by atoms with Crippen LogP contribution in [0.15, 0.2) is 72.9 Å². The van der Waals surface area contributed by atoms with Crippen LogP contribution in [-0.2, 0) is 15.4 Å². The Morgan fingerprint density at radius 2 is 1.80 bits per heavy atom. The van der Waals surface area contributed by atoms with Gasteiger partial charge in [0, 0.05) is 23.9 Å². The van der Waals surface area contributed by atoms with Gasteiger partial charge in [0.1, 0.15) is 5.82 Å². The van der Waals surface area contributed by atoms with Crippen LogP contribution in [0.4, 0.5) is 4.39 Å². The maximum absolute atomic E-state index is 13.4. The molecular weight excluding hydrogens is 461 g/mol. The summed E-state index contributed by atoms with van der Waals surface area (Å²) in [5, 5.41) is 5.60. The molecule has 0 spiro atoms. The van der Waals surface area contributed by atoms with Gasteiger partial charge in [-0.15, -0.1) is 0 Å². The van der Waals surface area contributed by atoms with Crippen molar-refractivity contribution in [2.45, 2.75) is 31.1 Å². The van der Waals surface area contributed by atoms with Crippen LogP contribution in [-0.4, -0.2) is 41.8 Å². The Morgan fingerprint density at radius 1 is 1.06 bits per heavy atom. The number of nitrogens with zero attached hydrogens (tertiary/aromatic N) is 3. The van der Waals surface area contributed by atoms with Crippen molar-refractivity contribution in [2.75, 3.05) is 19.3 Å². The molecule has 2 heterocycles. The summed E-state index contributed by atoms with van der Waals surface area (Å²) in [4.78, 5) is 0. The third-order valence-electron chi connectivity index (χ3n) is 8.11. The van der Waals surface area contributed by atoms with Crippen molar-refractivity contribution in [3.63, 3.8) is 0 Å². The topological polar surface area (TPSA) is 55.2 Å². The first-order valence-corrected chi connectivity index (χ1v) is 13.8. The molecule has 1 aliphatic carbocycles. The monoisotopic (exact) mass is 489 g/mol. The Kier molecular flexibility index (Phi) is 5.13.